The molecular formula is C13H19N5O. The summed E-state index contributed by atoms with van der Waals surface area (Å²) in [6.45, 7) is 6.94. The lowest BCUT2D eigenvalue weighted by atomic mass is 10.1. The first kappa shape index (κ1) is 12.3. The molecule has 3 rings (SSSR count). The van der Waals surface area contributed by atoms with Crippen molar-refractivity contribution in [3.8, 4) is 0 Å². The maximum absolute atomic E-state index is 5.24. The first-order valence-corrected chi connectivity index (χ1v) is 6.72. The molecule has 0 N–H and O–H groups in total. The highest BCUT2D eigenvalue weighted by molar-refractivity contribution is 5.20. The lowest BCUT2D eigenvalue weighted by molar-refractivity contribution is 0.217. The van der Waals surface area contributed by atoms with Gasteiger partial charge in [-0.25, -0.2) is 4.98 Å². The Hall–Kier alpha value is -1.69. The van der Waals surface area contributed by atoms with E-state index in [-0.39, 0.29) is 0 Å². The highest BCUT2D eigenvalue weighted by atomic mass is 16.5. The van der Waals surface area contributed by atoms with Crippen molar-refractivity contribution in [2.75, 3.05) is 6.54 Å². The highest BCUT2D eigenvalue weighted by Gasteiger charge is 2.26. The van der Waals surface area contributed by atoms with E-state index in [1.165, 1.54) is 18.4 Å². The molecule has 0 saturated carbocycles. The van der Waals surface area contributed by atoms with Crippen LogP contribution in [0.15, 0.2) is 17.2 Å². The zero-order valence-corrected chi connectivity index (χ0v) is 11.4. The lowest BCUT2D eigenvalue weighted by Gasteiger charge is -2.24. The summed E-state index contributed by atoms with van der Waals surface area (Å²) in [7, 11) is 0. The second kappa shape index (κ2) is 5.13. The fourth-order valence-electron chi connectivity index (χ4n) is 2.78. The van der Waals surface area contributed by atoms with Crippen LogP contribution in [-0.4, -0.2) is 37.4 Å². The van der Waals surface area contributed by atoms with Gasteiger partial charge in [-0.15, -0.1) is 0 Å². The van der Waals surface area contributed by atoms with Gasteiger partial charge in [-0.3, -0.25) is 9.58 Å². The van der Waals surface area contributed by atoms with E-state index < -0.39 is 0 Å². The molecule has 0 bridgehead atoms. The van der Waals surface area contributed by atoms with Gasteiger partial charge in [0, 0.05) is 18.2 Å². The van der Waals surface area contributed by atoms with E-state index >= 15 is 0 Å². The van der Waals surface area contributed by atoms with Crippen LogP contribution >= 0.6 is 0 Å². The molecule has 6 heteroatoms. The molecule has 1 unspecified atom stereocenters. The van der Waals surface area contributed by atoms with E-state index in [9.17, 15) is 0 Å². The molecule has 0 radical (unpaired) electrons. The van der Waals surface area contributed by atoms with Crippen molar-refractivity contribution in [3.63, 3.8) is 0 Å². The van der Waals surface area contributed by atoms with Gasteiger partial charge < -0.3 is 4.52 Å². The monoisotopic (exact) mass is 261 g/mol. The SMILES string of the molecule is Cc1noc(C)c1CN1CCCC1Cn1cncn1. The molecule has 0 aromatic carbocycles. The van der Waals surface area contributed by atoms with Crippen LogP contribution in [-0.2, 0) is 13.1 Å². The number of aromatic nitrogens is 4. The first-order chi connectivity index (χ1) is 9.24. The summed E-state index contributed by atoms with van der Waals surface area (Å²) in [6, 6.07) is 0.524. The van der Waals surface area contributed by atoms with Gasteiger partial charge in [0.05, 0.1) is 12.2 Å². The number of likely N-dealkylation sites (tertiary alicyclic amines) is 1. The molecule has 1 saturated heterocycles. The normalized spacial score (nSPS) is 20.2. The third-order valence-corrected chi connectivity index (χ3v) is 3.91. The van der Waals surface area contributed by atoms with Crippen LogP contribution in [0.4, 0.5) is 0 Å². The van der Waals surface area contributed by atoms with Crippen molar-refractivity contribution in [2.45, 2.75) is 45.8 Å². The third kappa shape index (κ3) is 2.53. The van der Waals surface area contributed by atoms with E-state index in [1.807, 2.05) is 18.5 Å². The van der Waals surface area contributed by atoms with Crippen LogP contribution < -0.4 is 0 Å². The molecule has 1 atom stereocenters. The molecule has 1 fully saturated rings. The van der Waals surface area contributed by atoms with Crippen molar-refractivity contribution >= 4 is 0 Å². The molecule has 2 aromatic rings. The Labute approximate surface area is 112 Å². The van der Waals surface area contributed by atoms with E-state index in [0.717, 1.165) is 31.1 Å². The minimum absolute atomic E-state index is 0.524. The third-order valence-electron chi connectivity index (χ3n) is 3.91. The van der Waals surface area contributed by atoms with Gasteiger partial charge in [-0.05, 0) is 33.2 Å². The molecule has 0 spiro atoms. The van der Waals surface area contributed by atoms with Gasteiger partial charge in [0.15, 0.2) is 0 Å². The van der Waals surface area contributed by atoms with Crippen molar-refractivity contribution < 1.29 is 4.52 Å². The van der Waals surface area contributed by atoms with Gasteiger partial charge in [0.25, 0.3) is 0 Å². The van der Waals surface area contributed by atoms with Crippen LogP contribution in [0.25, 0.3) is 0 Å². The second-order valence-corrected chi connectivity index (χ2v) is 5.19. The predicted octanol–water partition coefficient (Wildman–Crippen LogP) is 1.55. The Balaban J connectivity index is 1.70. The quantitative estimate of drug-likeness (QED) is 0.835. The smallest absolute Gasteiger partial charge is 0.138 e. The van der Waals surface area contributed by atoms with Crippen LogP contribution in [0.1, 0.15) is 29.9 Å². The first-order valence-electron chi connectivity index (χ1n) is 6.72. The number of hydrogen-bond donors (Lipinski definition) is 0. The summed E-state index contributed by atoms with van der Waals surface area (Å²) in [5.74, 6) is 0.934. The Bertz CT molecular complexity index is 514. The van der Waals surface area contributed by atoms with Gasteiger partial charge in [-0.1, -0.05) is 5.16 Å². The zero-order chi connectivity index (χ0) is 13.2. The van der Waals surface area contributed by atoms with Crippen LogP contribution in [0.3, 0.4) is 0 Å². The van der Waals surface area contributed by atoms with E-state index in [2.05, 4.69) is 20.1 Å². The molecule has 19 heavy (non-hydrogen) atoms. The van der Waals surface area contributed by atoms with Gasteiger partial charge in [0.2, 0.25) is 0 Å². The van der Waals surface area contributed by atoms with Gasteiger partial charge in [0.1, 0.15) is 18.4 Å². The van der Waals surface area contributed by atoms with Crippen LogP contribution in [0.2, 0.25) is 0 Å². The average molecular weight is 261 g/mol. The summed E-state index contributed by atoms with van der Waals surface area (Å²) >= 11 is 0. The minimum Gasteiger partial charge on any atom is -0.361 e. The number of rotatable bonds is 4. The molecule has 6 nitrogen and oxygen atoms in total. The molecule has 1 aliphatic rings. The maximum atomic E-state index is 5.24. The number of nitrogens with zero attached hydrogens (tertiary/aromatic N) is 5. The fourth-order valence-corrected chi connectivity index (χ4v) is 2.78. The molecule has 0 aliphatic carbocycles. The van der Waals surface area contributed by atoms with Crippen molar-refractivity contribution in [1.29, 1.82) is 0 Å². The van der Waals surface area contributed by atoms with E-state index in [4.69, 9.17) is 4.52 Å². The second-order valence-electron chi connectivity index (χ2n) is 5.19. The van der Waals surface area contributed by atoms with Crippen molar-refractivity contribution in [2.24, 2.45) is 0 Å². The van der Waals surface area contributed by atoms with Gasteiger partial charge in [-0.2, -0.15) is 5.10 Å². The largest absolute Gasteiger partial charge is 0.361 e. The highest BCUT2D eigenvalue weighted by Crippen LogP contribution is 2.23. The minimum atomic E-state index is 0.524. The molecule has 0 amide bonds. The number of aryl methyl sites for hydroxylation is 2. The maximum Gasteiger partial charge on any atom is 0.138 e. The fraction of sp³-hybridized carbons (Fsp3) is 0.615. The van der Waals surface area contributed by atoms with E-state index in [1.54, 1.807) is 12.7 Å². The Morgan fingerprint density at radius 3 is 3.00 bits per heavy atom. The predicted molar refractivity (Wildman–Crippen MR) is 69.4 cm³/mol. The lowest BCUT2D eigenvalue weighted by Crippen LogP contribution is -2.33. The topological polar surface area (TPSA) is 60.0 Å². The molecular weight excluding hydrogens is 242 g/mol. The van der Waals surface area contributed by atoms with Crippen LogP contribution in [0.5, 0.6) is 0 Å². The van der Waals surface area contributed by atoms with Crippen LogP contribution in [0, 0.1) is 13.8 Å². The summed E-state index contributed by atoms with van der Waals surface area (Å²) < 4.78 is 7.16. The summed E-state index contributed by atoms with van der Waals surface area (Å²) in [4.78, 5) is 6.50. The Kier molecular flexibility index (Phi) is 3.33. The number of hydrogen-bond acceptors (Lipinski definition) is 5. The van der Waals surface area contributed by atoms with E-state index in [0.29, 0.717) is 6.04 Å². The average Bonchev–Trinajstić information content (AvgIpc) is 3.10. The Morgan fingerprint density at radius 1 is 1.42 bits per heavy atom. The standard InChI is InChI=1S/C13H19N5O/c1-10-13(11(2)19-16-10)7-17-5-3-4-12(17)6-18-9-14-8-15-18/h8-9,12H,3-7H2,1-2H3. The van der Waals surface area contributed by atoms with Crippen molar-refractivity contribution in [1.82, 2.24) is 24.8 Å². The molecule has 1 aliphatic heterocycles. The summed E-state index contributed by atoms with van der Waals surface area (Å²) in [6.07, 6.45) is 5.83. The summed E-state index contributed by atoms with van der Waals surface area (Å²) in [5.41, 5.74) is 2.23. The summed E-state index contributed by atoms with van der Waals surface area (Å²) in [5, 5.41) is 8.22. The van der Waals surface area contributed by atoms with Crippen molar-refractivity contribution in [3.05, 3.63) is 29.7 Å². The molecule has 3 heterocycles. The Morgan fingerprint density at radius 2 is 2.32 bits per heavy atom. The zero-order valence-electron chi connectivity index (χ0n) is 11.4. The van der Waals surface area contributed by atoms with Gasteiger partial charge >= 0.3 is 0 Å². The molecule has 2 aromatic heterocycles. The molecule has 102 valence electrons.